The molecule has 2 aromatic heterocycles. The summed E-state index contributed by atoms with van der Waals surface area (Å²) in [6.45, 7) is 4.50. The van der Waals surface area contributed by atoms with E-state index < -0.39 is 15.7 Å². The second-order valence-electron chi connectivity index (χ2n) is 8.46. The summed E-state index contributed by atoms with van der Waals surface area (Å²) >= 11 is 0. The number of pyridine rings is 1. The third kappa shape index (κ3) is 4.59. The third-order valence-electron chi connectivity index (χ3n) is 5.19. The third-order valence-corrected chi connectivity index (χ3v) is 6.05. The fourth-order valence-electron chi connectivity index (χ4n) is 3.62. The summed E-state index contributed by atoms with van der Waals surface area (Å²) in [6.07, 6.45) is 3.69. The van der Waals surface area contributed by atoms with Crippen LogP contribution in [0.3, 0.4) is 0 Å². The van der Waals surface area contributed by atoms with Gasteiger partial charge < -0.3 is 10.6 Å². The summed E-state index contributed by atoms with van der Waals surface area (Å²) in [5, 5.41) is 5.75. The minimum Gasteiger partial charge on any atom is -0.351 e. The number of amides is 1. The Bertz CT molecular complexity index is 1320. The van der Waals surface area contributed by atoms with Crippen LogP contribution in [-0.2, 0) is 21.0 Å². The molecule has 0 unspecified atom stereocenters. The van der Waals surface area contributed by atoms with Gasteiger partial charge in [-0.1, -0.05) is 19.9 Å². The first-order valence-corrected chi connectivity index (χ1v) is 11.9. The lowest BCUT2D eigenvalue weighted by Gasteiger charge is -2.32. The summed E-state index contributed by atoms with van der Waals surface area (Å²) in [5.41, 5.74) is 2.23. The second kappa shape index (κ2) is 7.94. The summed E-state index contributed by atoms with van der Waals surface area (Å²) in [4.78, 5) is 24.6. The van der Waals surface area contributed by atoms with E-state index in [0.29, 0.717) is 29.1 Å². The molecule has 0 bridgehead atoms. The largest absolute Gasteiger partial charge is 0.351 e. The number of hydrogen-bond acceptors (Lipinski definition) is 7. The van der Waals surface area contributed by atoms with Gasteiger partial charge in [-0.05, 0) is 35.4 Å². The van der Waals surface area contributed by atoms with Crippen LogP contribution in [0.1, 0.15) is 35.3 Å². The van der Waals surface area contributed by atoms with Crippen molar-refractivity contribution in [1.82, 2.24) is 20.3 Å². The Kier molecular flexibility index (Phi) is 5.41. The Balaban J connectivity index is 1.68. The average molecular weight is 456 g/mol. The predicted molar refractivity (Wildman–Crippen MR) is 119 cm³/mol. The van der Waals surface area contributed by atoms with Crippen molar-refractivity contribution >= 4 is 27.5 Å². The average Bonchev–Trinajstić information content (AvgIpc) is 2.71. The Morgan fingerprint density at radius 3 is 2.72 bits per heavy atom. The second-order valence-corrected chi connectivity index (χ2v) is 10.6. The molecule has 2 N–H and O–H groups in total. The summed E-state index contributed by atoms with van der Waals surface area (Å²) < 4.78 is 37.7. The van der Waals surface area contributed by atoms with Gasteiger partial charge in [0.05, 0.1) is 11.9 Å². The van der Waals surface area contributed by atoms with Crippen LogP contribution in [0.15, 0.2) is 42.7 Å². The fourth-order valence-corrected chi connectivity index (χ4v) is 4.41. The first-order chi connectivity index (χ1) is 15.0. The van der Waals surface area contributed by atoms with Gasteiger partial charge in [-0.3, -0.25) is 4.79 Å². The number of halogens is 1. The number of hydrogen-bond donors (Lipinski definition) is 2. The van der Waals surface area contributed by atoms with Crippen LogP contribution in [0, 0.1) is 5.82 Å². The maximum atomic E-state index is 14.6. The molecule has 0 spiro atoms. The maximum absolute atomic E-state index is 14.6. The number of nitrogens with zero attached hydrogens (tertiary/aromatic N) is 3. The first kappa shape index (κ1) is 21.8. The molecule has 1 aliphatic rings. The van der Waals surface area contributed by atoms with Crippen LogP contribution < -0.4 is 10.6 Å². The van der Waals surface area contributed by atoms with Gasteiger partial charge in [-0.25, -0.2) is 27.8 Å². The number of nitrogens with one attached hydrogen (secondary N) is 2. The molecule has 3 aromatic rings. The zero-order valence-corrected chi connectivity index (χ0v) is 18.6. The lowest BCUT2D eigenvalue weighted by Crippen LogP contribution is -2.43. The molecule has 0 saturated heterocycles. The fraction of sp³-hybridized carbons (Fsp3) is 0.273. The number of carbonyl (C=O) groups excluding carboxylic acids is 1. The molecule has 8 nitrogen and oxygen atoms in total. The minimum atomic E-state index is -3.20. The molecule has 0 radical (unpaired) electrons. The van der Waals surface area contributed by atoms with Crippen molar-refractivity contribution in [3.8, 4) is 11.3 Å². The van der Waals surface area contributed by atoms with E-state index in [9.17, 15) is 17.6 Å². The first-order valence-electron chi connectivity index (χ1n) is 9.87. The van der Waals surface area contributed by atoms with E-state index in [1.807, 2.05) is 13.8 Å². The number of aromatic nitrogens is 3. The summed E-state index contributed by atoms with van der Waals surface area (Å²) in [6, 6.07) is 8.29. The molecule has 1 aliphatic heterocycles. The Morgan fingerprint density at radius 2 is 1.97 bits per heavy atom. The molecular formula is C22H22FN5O3S. The number of sulfone groups is 1. The van der Waals surface area contributed by atoms with Gasteiger partial charge in [0.1, 0.15) is 11.5 Å². The SMILES string of the molecule is CC1(C)CNC(=O)c2ccc(-c3nc(Nc4cc(CS(C)(=O)=O)ccn4)ncc3F)cc21. The van der Waals surface area contributed by atoms with E-state index in [2.05, 4.69) is 25.6 Å². The zero-order valence-electron chi connectivity index (χ0n) is 17.8. The van der Waals surface area contributed by atoms with Crippen LogP contribution in [0.2, 0.25) is 0 Å². The number of fused-ring (bicyclic) bond motifs is 1. The predicted octanol–water partition coefficient (Wildman–Crippen LogP) is 2.99. The normalized spacial score (nSPS) is 15.1. The number of carbonyl (C=O) groups is 1. The van der Waals surface area contributed by atoms with E-state index in [1.165, 1.54) is 6.20 Å². The van der Waals surface area contributed by atoms with Crippen LogP contribution in [-0.4, -0.2) is 42.1 Å². The molecule has 1 amide bonds. The topological polar surface area (TPSA) is 114 Å². The molecule has 4 rings (SSSR count). The lowest BCUT2D eigenvalue weighted by molar-refractivity contribution is 0.0930. The van der Waals surface area contributed by atoms with Crippen LogP contribution in [0.25, 0.3) is 11.3 Å². The van der Waals surface area contributed by atoms with E-state index in [-0.39, 0.29) is 28.7 Å². The van der Waals surface area contributed by atoms with Gasteiger partial charge in [0, 0.05) is 35.5 Å². The summed E-state index contributed by atoms with van der Waals surface area (Å²) in [5.74, 6) is -0.436. The summed E-state index contributed by atoms with van der Waals surface area (Å²) in [7, 11) is -3.20. The molecule has 3 heterocycles. The van der Waals surface area contributed by atoms with Crippen molar-refractivity contribution < 1.29 is 17.6 Å². The van der Waals surface area contributed by atoms with Crippen LogP contribution >= 0.6 is 0 Å². The van der Waals surface area contributed by atoms with Crippen molar-refractivity contribution in [2.75, 3.05) is 18.1 Å². The smallest absolute Gasteiger partial charge is 0.251 e. The maximum Gasteiger partial charge on any atom is 0.251 e. The zero-order chi connectivity index (χ0) is 23.1. The highest BCUT2D eigenvalue weighted by Crippen LogP contribution is 2.33. The van der Waals surface area contributed by atoms with E-state index >= 15 is 0 Å². The monoisotopic (exact) mass is 455 g/mol. The van der Waals surface area contributed by atoms with E-state index in [1.54, 1.807) is 30.3 Å². The lowest BCUT2D eigenvalue weighted by atomic mass is 9.78. The van der Waals surface area contributed by atoms with Crippen molar-refractivity contribution in [2.45, 2.75) is 25.0 Å². The Hall–Kier alpha value is -3.40. The molecule has 0 fully saturated rings. The Labute approximate surface area is 185 Å². The standard InChI is InChI=1S/C22H22FN5O3S/c1-22(2)12-26-20(29)15-5-4-14(9-16(15)22)19-17(23)10-25-21(28-19)27-18-8-13(6-7-24-18)11-32(3,30)31/h4-10H,11-12H2,1-3H3,(H,26,29)(H,24,25,27,28). The van der Waals surface area contributed by atoms with Crippen molar-refractivity contribution in [3.63, 3.8) is 0 Å². The van der Waals surface area contributed by atoms with Gasteiger partial charge in [0.2, 0.25) is 5.95 Å². The van der Waals surface area contributed by atoms with Gasteiger partial charge in [0.15, 0.2) is 15.7 Å². The molecule has 0 aliphatic carbocycles. The quantitative estimate of drug-likeness (QED) is 0.608. The van der Waals surface area contributed by atoms with E-state index in [4.69, 9.17) is 0 Å². The van der Waals surface area contributed by atoms with Crippen LogP contribution in [0.4, 0.5) is 16.2 Å². The molecule has 10 heteroatoms. The Morgan fingerprint density at radius 1 is 1.19 bits per heavy atom. The van der Waals surface area contributed by atoms with E-state index in [0.717, 1.165) is 18.0 Å². The van der Waals surface area contributed by atoms with Gasteiger partial charge in [-0.15, -0.1) is 0 Å². The highest BCUT2D eigenvalue weighted by atomic mass is 32.2. The molecule has 166 valence electrons. The molecule has 1 aromatic carbocycles. The van der Waals surface area contributed by atoms with Crippen LogP contribution in [0.5, 0.6) is 0 Å². The highest BCUT2D eigenvalue weighted by Gasteiger charge is 2.32. The minimum absolute atomic E-state index is 0.0828. The van der Waals surface area contributed by atoms with Crippen molar-refractivity contribution in [3.05, 3.63) is 65.2 Å². The van der Waals surface area contributed by atoms with Gasteiger partial charge in [-0.2, -0.15) is 0 Å². The number of rotatable bonds is 5. The molecule has 32 heavy (non-hydrogen) atoms. The van der Waals surface area contributed by atoms with Crippen molar-refractivity contribution in [1.29, 1.82) is 0 Å². The molecule has 0 atom stereocenters. The van der Waals surface area contributed by atoms with Gasteiger partial charge >= 0.3 is 0 Å². The number of benzene rings is 1. The molecule has 0 saturated carbocycles. The number of anilines is 2. The highest BCUT2D eigenvalue weighted by molar-refractivity contribution is 7.89. The van der Waals surface area contributed by atoms with Gasteiger partial charge in [0.25, 0.3) is 5.91 Å². The van der Waals surface area contributed by atoms with Crippen molar-refractivity contribution in [2.24, 2.45) is 0 Å². The molecular weight excluding hydrogens is 433 g/mol.